The molecule has 2 fully saturated rings. The Morgan fingerprint density at radius 1 is 1.00 bits per heavy atom. The summed E-state index contributed by atoms with van der Waals surface area (Å²) in [5.74, 6) is -1.18. The van der Waals surface area contributed by atoms with E-state index in [-0.39, 0.29) is 18.5 Å². The number of imidazole rings is 1. The number of hydrogen-bond acceptors (Lipinski definition) is 2. The molecule has 0 amide bonds. The third-order valence-corrected chi connectivity index (χ3v) is 5.00. The van der Waals surface area contributed by atoms with Gasteiger partial charge in [0.25, 0.3) is 0 Å². The lowest BCUT2D eigenvalue weighted by Gasteiger charge is -2.37. The summed E-state index contributed by atoms with van der Waals surface area (Å²) >= 11 is 0. The van der Waals surface area contributed by atoms with Crippen molar-refractivity contribution in [3.8, 4) is 0 Å². The number of nitrogens with one attached hydrogen (secondary N) is 1. The predicted molar refractivity (Wildman–Crippen MR) is 73.8 cm³/mol. The fourth-order valence-corrected chi connectivity index (χ4v) is 3.95. The van der Waals surface area contributed by atoms with Gasteiger partial charge in [-0.2, -0.15) is 13.2 Å². The molecule has 4 atom stereocenters. The topological polar surface area (TPSA) is 29.9 Å². The number of alkyl halides is 3. The van der Waals surface area contributed by atoms with Gasteiger partial charge in [-0.1, -0.05) is 12.8 Å². The normalized spacial score (nSPS) is 34.2. The summed E-state index contributed by atoms with van der Waals surface area (Å²) in [5.41, 5.74) is 0. The van der Waals surface area contributed by atoms with Gasteiger partial charge in [0.1, 0.15) is 0 Å². The second-order valence-corrected chi connectivity index (χ2v) is 6.32. The molecule has 21 heavy (non-hydrogen) atoms. The van der Waals surface area contributed by atoms with Crippen molar-refractivity contribution in [2.45, 2.75) is 69.2 Å². The molecule has 3 nitrogen and oxygen atoms in total. The Balaban J connectivity index is 1.69. The number of hydrogen-bond donors (Lipinski definition) is 1. The molecule has 3 rings (SSSR count). The van der Waals surface area contributed by atoms with Crippen molar-refractivity contribution in [1.29, 1.82) is 0 Å². The van der Waals surface area contributed by atoms with Gasteiger partial charge < -0.3 is 9.88 Å². The van der Waals surface area contributed by atoms with E-state index in [4.69, 9.17) is 0 Å². The summed E-state index contributed by atoms with van der Waals surface area (Å²) < 4.78 is 41.6. The van der Waals surface area contributed by atoms with Crippen LogP contribution in [0, 0.1) is 5.92 Å². The van der Waals surface area contributed by atoms with Crippen molar-refractivity contribution in [2.24, 2.45) is 5.92 Å². The minimum atomic E-state index is -4.08. The fraction of sp³-hybridized carbons (Fsp3) is 0.800. The average molecular weight is 301 g/mol. The van der Waals surface area contributed by atoms with Crippen molar-refractivity contribution < 1.29 is 13.2 Å². The highest BCUT2D eigenvalue weighted by Gasteiger charge is 2.46. The summed E-state index contributed by atoms with van der Waals surface area (Å²) in [7, 11) is 0. The highest BCUT2D eigenvalue weighted by Crippen LogP contribution is 2.39. The van der Waals surface area contributed by atoms with E-state index >= 15 is 0 Å². The molecule has 1 N–H and O–H groups in total. The summed E-state index contributed by atoms with van der Waals surface area (Å²) in [5, 5.41) is 3.34. The molecule has 0 radical (unpaired) electrons. The Morgan fingerprint density at radius 3 is 2.48 bits per heavy atom. The number of aromatic nitrogens is 2. The van der Waals surface area contributed by atoms with E-state index in [1.165, 1.54) is 0 Å². The van der Waals surface area contributed by atoms with E-state index in [1.54, 1.807) is 12.5 Å². The lowest BCUT2D eigenvalue weighted by Crippen LogP contribution is -2.50. The second kappa shape index (κ2) is 5.99. The van der Waals surface area contributed by atoms with E-state index < -0.39 is 18.1 Å². The maximum absolute atomic E-state index is 13.2. The summed E-state index contributed by atoms with van der Waals surface area (Å²) in [6.45, 7) is 0. The lowest BCUT2D eigenvalue weighted by molar-refractivity contribution is -0.189. The van der Waals surface area contributed by atoms with Gasteiger partial charge in [0, 0.05) is 30.5 Å². The molecular formula is C15H22F3N3. The van der Waals surface area contributed by atoms with Crippen LogP contribution in [0.1, 0.15) is 51.0 Å². The molecule has 118 valence electrons. The third kappa shape index (κ3) is 3.25. The SMILES string of the molecule is FC(F)(F)C1CCCCC1NC1CCCC1n1ccnc1. The van der Waals surface area contributed by atoms with E-state index in [9.17, 15) is 13.2 Å². The van der Waals surface area contributed by atoms with Crippen LogP contribution < -0.4 is 5.32 Å². The van der Waals surface area contributed by atoms with Crippen LogP contribution in [-0.4, -0.2) is 27.8 Å². The van der Waals surface area contributed by atoms with Crippen molar-refractivity contribution in [1.82, 2.24) is 14.9 Å². The number of halogens is 3. The van der Waals surface area contributed by atoms with Crippen LogP contribution >= 0.6 is 0 Å². The smallest absolute Gasteiger partial charge is 0.333 e. The number of nitrogens with zero attached hydrogens (tertiary/aromatic N) is 2. The van der Waals surface area contributed by atoms with Crippen molar-refractivity contribution >= 4 is 0 Å². The minimum absolute atomic E-state index is 0.132. The van der Waals surface area contributed by atoms with Crippen LogP contribution in [0.4, 0.5) is 13.2 Å². The zero-order valence-electron chi connectivity index (χ0n) is 12.0. The van der Waals surface area contributed by atoms with E-state index in [0.717, 1.165) is 25.7 Å². The van der Waals surface area contributed by atoms with Gasteiger partial charge in [0.2, 0.25) is 0 Å². The van der Waals surface area contributed by atoms with Gasteiger partial charge >= 0.3 is 6.18 Å². The largest absolute Gasteiger partial charge is 0.393 e. The van der Waals surface area contributed by atoms with E-state index in [1.807, 2.05) is 10.8 Å². The Labute approximate surface area is 122 Å². The van der Waals surface area contributed by atoms with Crippen LogP contribution in [0.5, 0.6) is 0 Å². The monoisotopic (exact) mass is 301 g/mol. The Bertz CT molecular complexity index is 444. The van der Waals surface area contributed by atoms with E-state index in [0.29, 0.717) is 12.8 Å². The highest BCUT2D eigenvalue weighted by molar-refractivity contribution is 4.95. The molecule has 0 bridgehead atoms. The fourth-order valence-electron chi connectivity index (χ4n) is 3.95. The summed E-state index contributed by atoms with van der Waals surface area (Å²) in [6, 6.07) is -0.0525. The lowest BCUT2D eigenvalue weighted by atomic mass is 9.83. The van der Waals surface area contributed by atoms with Gasteiger partial charge in [0.15, 0.2) is 0 Å². The molecule has 0 aliphatic heterocycles. The second-order valence-electron chi connectivity index (χ2n) is 6.32. The van der Waals surface area contributed by atoms with Gasteiger partial charge in [-0.3, -0.25) is 0 Å². The zero-order chi connectivity index (χ0) is 14.9. The van der Waals surface area contributed by atoms with Crippen molar-refractivity contribution in [2.75, 3.05) is 0 Å². The summed E-state index contributed by atoms with van der Waals surface area (Å²) in [4.78, 5) is 4.06. The molecule has 6 heteroatoms. The first-order chi connectivity index (χ1) is 10.1. The van der Waals surface area contributed by atoms with E-state index in [2.05, 4.69) is 10.3 Å². The molecular weight excluding hydrogens is 279 g/mol. The van der Waals surface area contributed by atoms with Crippen LogP contribution in [-0.2, 0) is 0 Å². The standard InChI is InChI=1S/C15H22F3N3/c16-15(17,18)11-4-1-2-5-12(11)20-13-6-3-7-14(13)21-9-8-19-10-21/h8-14,20H,1-7H2. The molecule has 2 saturated carbocycles. The molecule has 0 spiro atoms. The first-order valence-corrected chi connectivity index (χ1v) is 7.86. The molecule has 1 aromatic rings. The molecule has 2 aliphatic rings. The Kier molecular flexibility index (Phi) is 4.24. The summed E-state index contributed by atoms with van der Waals surface area (Å²) in [6.07, 6.45) is 6.84. The Hall–Kier alpha value is -1.04. The Morgan fingerprint density at radius 2 is 1.76 bits per heavy atom. The third-order valence-electron chi connectivity index (χ3n) is 5.00. The molecule has 2 aliphatic carbocycles. The van der Waals surface area contributed by atoms with Crippen molar-refractivity contribution in [3.63, 3.8) is 0 Å². The molecule has 0 aromatic carbocycles. The van der Waals surface area contributed by atoms with Crippen LogP contribution in [0.15, 0.2) is 18.7 Å². The first kappa shape index (κ1) is 14.9. The number of rotatable bonds is 3. The molecule has 0 saturated heterocycles. The zero-order valence-corrected chi connectivity index (χ0v) is 12.0. The van der Waals surface area contributed by atoms with Gasteiger partial charge in [-0.25, -0.2) is 4.98 Å². The molecule has 1 aromatic heterocycles. The predicted octanol–water partition coefficient (Wildman–Crippen LogP) is 3.69. The molecule has 4 unspecified atom stereocenters. The first-order valence-electron chi connectivity index (χ1n) is 7.86. The highest BCUT2D eigenvalue weighted by atomic mass is 19.4. The van der Waals surface area contributed by atoms with Crippen LogP contribution in [0.2, 0.25) is 0 Å². The van der Waals surface area contributed by atoms with Gasteiger partial charge in [-0.15, -0.1) is 0 Å². The maximum atomic E-state index is 13.2. The quantitative estimate of drug-likeness (QED) is 0.923. The van der Waals surface area contributed by atoms with Crippen molar-refractivity contribution in [3.05, 3.63) is 18.7 Å². The van der Waals surface area contributed by atoms with Gasteiger partial charge in [0.05, 0.1) is 12.2 Å². The minimum Gasteiger partial charge on any atom is -0.333 e. The maximum Gasteiger partial charge on any atom is 0.393 e. The molecule has 1 heterocycles. The van der Waals surface area contributed by atoms with Crippen LogP contribution in [0.25, 0.3) is 0 Å². The van der Waals surface area contributed by atoms with Gasteiger partial charge in [-0.05, 0) is 32.1 Å². The average Bonchev–Trinajstić information content (AvgIpc) is 3.08. The van der Waals surface area contributed by atoms with Crippen LogP contribution in [0.3, 0.4) is 0 Å².